The molecule has 2 atom stereocenters. The van der Waals surface area contributed by atoms with Crippen LogP contribution < -0.4 is 14.5 Å². The predicted octanol–water partition coefficient (Wildman–Crippen LogP) is 3.71. The summed E-state index contributed by atoms with van der Waals surface area (Å²) in [7, 11) is 3.22. The SMILES string of the molecule is CCn1nnc(-c2ccc(N3N=C(c4ccc(OC)c(OC)c4)[C@H]4CC=CC[C@H]4C3=O)cc2)n1. The lowest BCUT2D eigenvalue weighted by Crippen LogP contribution is -2.45. The molecule has 0 unspecified atom stereocenters. The number of rotatable bonds is 6. The van der Waals surface area contributed by atoms with E-state index in [1.54, 1.807) is 14.2 Å². The molecular formula is C25H26N6O3. The minimum absolute atomic E-state index is 0.00128. The van der Waals surface area contributed by atoms with Gasteiger partial charge in [-0.2, -0.15) is 9.90 Å². The van der Waals surface area contributed by atoms with Crippen LogP contribution in [0.5, 0.6) is 11.5 Å². The maximum Gasteiger partial charge on any atom is 0.251 e. The fourth-order valence-electron chi connectivity index (χ4n) is 4.47. The summed E-state index contributed by atoms with van der Waals surface area (Å²) in [4.78, 5) is 15.0. The zero-order chi connectivity index (χ0) is 23.7. The summed E-state index contributed by atoms with van der Waals surface area (Å²) in [6.07, 6.45) is 5.68. The van der Waals surface area contributed by atoms with Crippen molar-refractivity contribution in [2.75, 3.05) is 19.2 Å². The van der Waals surface area contributed by atoms with Crippen LogP contribution in [0.3, 0.4) is 0 Å². The molecule has 9 heteroatoms. The summed E-state index contributed by atoms with van der Waals surface area (Å²) < 4.78 is 10.9. The molecule has 1 amide bonds. The van der Waals surface area contributed by atoms with E-state index in [-0.39, 0.29) is 17.7 Å². The molecule has 1 aliphatic carbocycles. The molecule has 2 heterocycles. The Hall–Kier alpha value is -4.01. The quantitative estimate of drug-likeness (QED) is 0.523. The molecule has 9 nitrogen and oxygen atoms in total. The summed E-state index contributed by atoms with van der Waals surface area (Å²) in [5.41, 5.74) is 3.31. The van der Waals surface area contributed by atoms with E-state index in [9.17, 15) is 4.79 Å². The third-order valence-electron chi connectivity index (χ3n) is 6.30. The number of nitrogens with zero attached hydrogens (tertiary/aromatic N) is 6. The highest BCUT2D eigenvalue weighted by molar-refractivity contribution is 6.11. The Labute approximate surface area is 197 Å². The second-order valence-electron chi connectivity index (χ2n) is 8.21. The Morgan fingerprint density at radius 2 is 1.65 bits per heavy atom. The molecule has 0 saturated carbocycles. The van der Waals surface area contributed by atoms with E-state index in [0.29, 0.717) is 36.0 Å². The zero-order valence-corrected chi connectivity index (χ0v) is 19.4. The number of carbonyl (C=O) groups excluding carboxylic acids is 1. The van der Waals surface area contributed by atoms with Crippen molar-refractivity contribution < 1.29 is 14.3 Å². The first-order chi connectivity index (χ1) is 16.6. The summed E-state index contributed by atoms with van der Waals surface area (Å²) in [5.74, 6) is 1.67. The van der Waals surface area contributed by atoms with Crippen LogP contribution in [-0.2, 0) is 11.3 Å². The summed E-state index contributed by atoms with van der Waals surface area (Å²) in [5, 5.41) is 18.8. The molecule has 2 aromatic carbocycles. The average molecular weight is 459 g/mol. The smallest absolute Gasteiger partial charge is 0.251 e. The first kappa shape index (κ1) is 21.8. The minimum Gasteiger partial charge on any atom is -0.493 e. The molecule has 0 radical (unpaired) electrons. The van der Waals surface area contributed by atoms with Crippen LogP contribution in [0.25, 0.3) is 11.4 Å². The number of amides is 1. The van der Waals surface area contributed by atoms with Gasteiger partial charge in [0.15, 0.2) is 11.5 Å². The fraction of sp³-hybridized carbons (Fsp3) is 0.320. The van der Waals surface area contributed by atoms with Gasteiger partial charge in [-0.25, -0.2) is 5.01 Å². The molecule has 1 aromatic heterocycles. The van der Waals surface area contributed by atoms with E-state index in [0.717, 1.165) is 23.3 Å². The number of aromatic nitrogens is 4. The van der Waals surface area contributed by atoms with Gasteiger partial charge < -0.3 is 9.47 Å². The molecule has 0 N–H and O–H groups in total. The number of allylic oxidation sites excluding steroid dienone is 2. The molecular weight excluding hydrogens is 432 g/mol. The topological polar surface area (TPSA) is 94.7 Å². The number of ether oxygens (including phenoxy) is 2. The number of tetrazole rings is 1. The van der Waals surface area contributed by atoms with E-state index < -0.39 is 0 Å². The molecule has 0 bridgehead atoms. The van der Waals surface area contributed by atoms with Crippen LogP contribution in [0, 0.1) is 11.8 Å². The Kier molecular flexibility index (Phi) is 5.83. The highest BCUT2D eigenvalue weighted by Crippen LogP contribution is 2.38. The van der Waals surface area contributed by atoms with Crippen molar-refractivity contribution in [3.05, 3.63) is 60.2 Å². The van der Waals surface area contributed by atoms with Gasteiger partial charge in [0.05, 0.1) is 38.1 Å². The van der Waals surface area contributed by atoms with Gasteiger partial charge in [-0.1, -0.05) is 12.2 Å². The Balaban J connectivity index is 1.53. The van der Waals surface area contributed by atoms with Crippen molar-refractivity contribution in [3.8, 4) is 22.9 Å². The maximum absolute atomic E-state index is 13.5. The van der Waals surface area contributed by atoms with Crippen LogP contribution >= 0.6 is 0 Å². The van der Waals surface area contributed by atoms with Gasteiger partial charge >= 0.3 is 0 Å². The van der Waals surface area contributed by atoms with Crippen molar-refractivity contribution >= 4 is 17.3 Å². The number of hydrogen-bond donors (Lipinski definition) is 0. The molecule has 0 saturated heterocycles. The molecule has 3 aromatic rings. The van der Waals surface area contributed by atoms with Gasteiger partial charge in [0.25, 0.3) is 5.91 Å². The van der Waals surface area contributed by atoms with E-state index in [1.165, 1.54) is 9.81 Å². The number of anilines is 1. The minimum atomic E-state index is -0.170. The van der Waals surface area contributed by atoms with E-state index in [1.807, 2.05) is 49.4 Å². The Morgan fingerprint density at radius 3 is 2.32 bits per heavy atom. The van der Waals surface area contributed by atoms with Crippen LogP contribution in [0.1, 0.15) is 25.3 Å². The molecule has 5 rings (SSSR count). The standard InChI is InChI=1S/C25H26N6O3/c1-4-30-28-24(26-29-30)16-9-12-18(13-10-16)31-25(32)20-8-6-5-7-19(20)23(27-31)17-11-14-21(33-2)22(15-17)34-3/h5-6,9-15,19-20H,4,7-8H2,1-3H3/t19-,20+/m0/s1. The second-order valence-corrected chi connectivity index (χ2v) is 8.21. The van der Waals surface area contributed by atoms with Crippen LogP contribution in [-0.4, -0.2) is 46.0 Å². The van der Waals surface area contributed by atoms with Crippen molar-refractivity contribution in [2.24, 2.45) is 16.9 Å². The number of benzene rings is 2. The van der Waals surface area contributed by atoms with Gasteiger partial charge in [0.1, 0.15) is 0 Å². The number of carbonyl (C=O) groups is 1. The molecule has 2 aliphatic rings. The van der Waals surface area contributed by atoms with E-state index in [2.05, 4.69) is 27.6 Å². The lowest BCUT2D eigenvalue weighted by molar-refractivity contribution is -0.123. The molecule has 174 valence electrons. The first-order valence-corrected chi connectivity index (χ1v) is 11.3. The lowest BCUT2D eigenvalue weighted by Gasteiger charge is -2.37. The lowest BCUT2D eigenvalue weighted by atomic mass is 9.76. The highest BCUT2D eigenvalue weighted by atomic mass is 16.5. The largest absolute Gasteiger partial charge is 0.493 e. The first-order valence-electron chi connectivity index (χ1n) is 11.3. The van der Waals surface area contributed by atoms with Gasteiger partial charge in [-0.05, 0) is 67.4 Å². The Bertz CT molecular complexity index is 1260. The normalized spacial score (nSPS) is 19.6. The van der Waals surface area contributed by atoms with Crippen LogP contribution in [0.4, 0.5) is 5.69 Å². The summed E-state index contributed by atoms with van der Waals surface area (Å²) in [6.45, 7) is 2.61. The summed E-state index contributed by atoms with van der Waals surface area (Å²) >= 11 is 0. The molecule has 34 heavy (non-hydrogen) atoms. The third-order valence-corrected chi connectivity index (χ3v) is 6.30. The molecule has 1 aliphatic heterocycles. The van der Waals surface area contributed by atoms with Gasteiger partial charge in [-0.3, -0.25) is 4.79 Å². The Morgan fingerprint density at radius 1 is 0.941 bits per heavy atom. The fourth-order valence-corrected chi connectivity index (χ4v) is 4.47. The van der Waals surface area contributed by atoms with Gasteiger partial charge in [-0.15, -0.1) is 10.2 Å². The van der Waals surface area contributed by atoms with Gasteiger partial charge in [0, 0.05) is 17.0 Å². The predicted molar refractivity (Wildman–Crippen MR) is 128 cm³/mol. The van der Waals surface area contributed by atoms with E-state index >= 15 is 0 Å². The number of hydrogen-bond acceptors (Lipinski definition) is 7. The maximum atomic E-state index is 13.5. The van der Waals surface area contributed by atoms with Crippen molar-refractivity contribution in [3.63, 3.8) is 0 Å². The van der Waals surface area contributed by atoms with Crippen molar-refractivity contribution in [1.82, 2.24) is 20.2 Å². The highest BCUT2D eigenvalue weighted by Gasteiger charge is 2.40. The number of methoxy groups -OCH3 is 2. The van der Waals surface area contributed by atoms with E-state index in [4.69, 9.17) is 14.6 Å². The summed E-state index contributed by atoms with van der Waals surface area (Å²) in [6, 6.07) is 13.3. The number of fused-ring (bicyclic) bond motifs is 1. The van der Waals surface area contributed by atoms with Crippen molar-refractivity contribution in [2.45, 2.75) is 26.3 Å². The van der Waals surface area contributed by atoms with Gasteiger partial charge in [0.2, 0.25) is 5.82 Å². The van der Waals surface area contributed by atoms with Crippen LogP contribution in [0.15, 0.2) is 59.7 Å². The number of hydrazone groups is 1. The average Bonchev–Trinajstić information content (AvgIpc) is 3.38. The monoisotopic (exact) mass is 458 g/mol. The van der Waals surface area contributed by atoms with Crippen LogP contribution in [0.2, 0.25) is 0 Å². The third kappa shape index (κ3) is 3.83. The second kappa shape index (κ2) is 9.09. The van der Waals surface area contributed by atoms with Crippen molar-refractivity contribution in [1.29, 1.82) is 0 Å². The molecule has 0 spiro atoms. The zero-order valence-electron chi connectivity index (χ0n) is 19.4. The molecule has 0 fully saturated rings. The number of aryl methyl sites for hydroxylation is 1.